The van der Waals surface area contributed by atoms with Crippen LogP contribution in [0.4, 0.5) is 17.1 Å². The summed E-state index contributed by atoms with van der Waals surface area (Å²) >= 11 is 0. The minimum absolute atomic E-state index is 0.599. The largest absolute Gasteiger partial charge is 0.456 e. The molecule has 0 radical (unpaired) electrons. The second kappa shape index (κ2) is 12.6. The zero-order valence-electron chi connectivity index (χ0n) is 29.7. The summed E-state index contributed by atoms with van der Waals surface area (Å²) in [6.45, 7) is 0. The van der Waals surface area contributed by atoms with E-state index in [2.05, 4.69) is 157 Å². The average Bonchev–Trinajstić information content (AvgIpc) is 3.86. The molecule has 0 amide bonds. The first-order chi connectivity index (χ1) is 27.2. The van der Waals surface area contributed by atoms with Gasteiger partial charge in [0.25, 0.3) is 0 Å². The second-order valence-corrected chi connectivity index (χ2v) is 13.9. The number of aromatic nitrogens is 1. The Labute approximate surface area is 317 Å². The van der Waals surface area contributed by atoms with Crippen LogP contribution in [0.3, 0.4) is 0 Å². The smallest absolute Gasteiger partial charge is 0.227 e. The van der Waals surface area contributed by atoms with Gasteiger partial charge in [0.1, 0.15) is 16.7 Å². The van der Waals surface area contributed by atoms with Gasteiger partial charge in [-0.3, -0.25) is 0 Å². The fourth-order valence-electron chi connectivity index (χ4n) is 8.04. The molecule has 0 spiro atoms. The number of nitrogens with zero attached hydrogens (tertiary/aromatic N) is 2. The maximum atomic E-state index is 6.42. The standard InChI is InChI=1S/C51H32N2O2/c1-3-12-33(13-4-1)36-17-11-18-40(30-36)53(46-32-38-16-7-8-19-41(38)42-20-9-10-21-43(42)46)39-25-22-34(23-26-39)37-24-28-47-44(31-37)49-48(54-47)29-27-45-50(49)55-51(52-45)35-14-5-2-6-15-35/h1-32H. The van der Waals surface area contributed by atoms with Crippen molar-refractivity contribution in [3.05, 3.63) is 194 Å². The summed E-state index contributed by atoms with van der Waals surface area (Å²) in [5, 5.41) is 6.81. The van der Waals surface area contributed by atoms with Gasteiger partial charge >= 0.3 is 0 Å². The van der Waals surface area contributed by atoms with Crippen LogP contribution in [-0.4, -0.2) is 4.98 Å². The van der Waals surface area contributed by atoms with Crippen LogP contribution in [0.2, 0.25) is 0 Å². The molecule has 11 aromatic rings. The van der Waals surface area contributed by atoms with Crippen LogP contribution in [0.15, 0.2) is 203 Å². The third kappa shape index (κ3) is 5.26. The maximum Gasteiger partial charge on any atom is 0.227 e. The lowest BCUT2D eigenvalue weighted by Gasteiger charge is -2.28. The molecule has 11 rings (SSSR count). The third-order valence-corrected chi connectivity index (χ3v) is 10.7. The number of oxazole rings is 1. The Bertz CT molecular complexity index is 3200. The Morgan fingerprint density at radius 2 is 1.02 bits per heavy atom. The molecule has 258 valence electrons. The molecule has 0 atom stereocenters. The predicted octanol–water partition coefficient (Wildman–Crippen LogP) is 14.5. The Kier molecular flexibility index (Phi) is 7.14. The summed E-state index contributed by atoms with van der Waals surface area (Å²) in [4.78, 5) is 7.21. The second-order valence-electron chi connectivity index (χ2n) is 13.9. The normalized spacial score (nSPS) is 11.6. The molecule has 55 heavy (non-hydrogen) atoms. The van der Waals surface area contributed by atoms with Crippen molar-refractivity contribution >= 4 is 71.6 Å². The van der Waals surface area contributed by atoms with E-state index in [1.807, 2.05) is 42.5 Å². The van der Waals surface area contributed by atoms with Crippen LogP contribution in [0.5, 0.6) is 0 Å². The van der Waals surface area contributed by atoms with Crippen LogP contribution >= 0.6 is 0 Å². The van der Waals surface area contributed by atoms with Crippen LogP contribution < -0.4 is 4.90 Å². The van der Waals surface area contributed by atoms with E-state index in [1.165, 1.54) is 32.7 Å². The molecule has 0 fully saturated rings. The minimum Gasteiger partial charge on any atom is -0.456 e. The lowest BCUT2D eigenvalue weighted by Crippen LogP contribution is -2.10. The highest BCUT2D eigenvalue weighted by atomic mass is 16.4. The Balaban J connectivity index is 1.05. The first kappa shape index (κ1) is 31.1. The fraction of sp³-hybridized carbons (Fsp3) is 0. The molecule has 2 aromatic heterocycles. The monoisotopic (exact) mass is 704 g/mol. The highest BCUT2D eigenvalue weighted by Gasteiger charge is 2.20. The first-order valence-electron chi connectivity index (χ1n) is 18.5. The molecule has 0 aliphatic carbocycles. The van der Waals surface area contributed by atoms with Gasteiger partial charge in [0.05, 0.1) is 11.1 Å². The predicted molar refractivity (Wildman–Crippen MR) is 227 cm³/mol. The number of rotatable bonds is 6. The average molecular weight is 705 g/mol. The SMILES string of the molecule is c1ccc(-c2cccc(N(c3ccc(-c4ccc5oc6ccc7nc(-c8ccccc8)oc7c6c5c4)cc3)c3cc4ccccc4c4ccccc34)c2)cc1. The van der Waals surface area contributed by atoms with Gasteiger partial charge in [-0.1, -0.05) is 127 Å². The number of furan rings is 1. The lowest BCUT2D eigenvalue weighted by atomic mass is 9.98. The quantitative estimate of drug-likeness (QED) is 0.162. The van der Waals surface area contributed by atoms with E-state index in [0.717, 1.165) is 66.8 Å². The molecule has 0 aliphatic heterocycles. The Morgan fingerprint density at radius 3 is 1.84 bits per heavy atom. The lowest BCUT2D eigenvalue weighted by molar-refractivity contribution is 0.622. The fourth-order valence-corrected chi connectivity index (χ4v) is 8.04. The van der Waals surface area contributed by atoms with Crippen molar-refractivity contribution in [2.75, 3.05) is 4.90 Å². The highest BCUT2D eigenvalue weighted by Crippen LogP contribution is 2.44. The van der Waals surface area contributed by atoms with Gasteiger partial charge in [-0.15, -0.1) is 0 Å². The number of fused-ring (bicyclic) bond motifs is 8. The van der Waals surface area contributed by atoms with Crippen molar-refractivity contribution in [1.29, 1.82) is 0 Å². The zero-order chi connectivity index (χ0) is 36.3. The molecule has 0 bridgehead atoms. The number of benzene rings is 9. The van der Waals surface area contributed by atoms with Gasteiger partial charge < -0.3 is 13.7 Å². The van der Waals surface area contributed by atoms with Crippen LogP contribution in [0, 0.1) is 0 Å². The zero-order valence-corrected chi connectivity index (χ0v) is 29.7. The van der Waals surface area contributed by atoms with Gasteiger partial charge in [0.2, 0.25) is 5.89 Å². The summed E-state index contributed by atoms with van der Waals surface area (Å²) in [5.74, 6) is 0.599. The van der Waals surface area contributed by atoms with E-state index in [9.17, 15) is 0 Å². The first-order valence-corrected chi connectivity index (χ1v) is 18.5. The van der Waals surface area contributed by atoms with Gasteiger partial charge in [0, 0.05) is 27.7 Å². The molecular formula is C51H32N2O2. The van der Waals surface area contributed by atoms with Crippen molar-refractivity contribution < 1.29 is 8.83 Å². The van der Waals surface area contributed by atoms with Crippen molar-refractivity contribution in [2.45, 2.75) is 0 Å². The maximum absolute atomic E-state index is 6.42. The Hall–Kier alpha value is -7.43. The summed E-state index contributed by atoms with van der Waals surface area (Å²) in [6, 6.07) is 68.4. The van der Waals surface area contributed by atoms with E-state index < -0.39 is 0 Å². The molecule has 0 saturated carbocycles. The third-order valence-electron chi connectivity index (χ3n) is 10.7. The number of hydrogen-bond acceptors (Lipinski definition) is 4. The van der Waals surface area contributed by atoms with Crippen LogP contribution in [-0.2, 0) is 0 Å². The Morgan fingerprint density at radius 1 is 0.382 bits per heavy atom. The van der Waals surface area contributed by atoms with E-state index >= 15 is 0 Å². The van der Waals surface area contributed by atoms with Gasteiger partial charge in [0.15, 0.2) is 5.58 Å². The van der Waals surface area contributed by atoms with E-state index in [4.69, 9.17) is 13.8 Å². The molecule has 4 nitrogen and oxygen atoms in total. The topological polar surface area (TPSA) is 42.4 Å². The molecule has 0 saturated heterocycles. The molecule has 0 unspecified atom stereocenters. The highest BCUT2D eigenvalue weighted by molar-refractivity contribution is 6.17. The van der Waals surface area contributed by atoms with E-state index in [-0.39, 0.29) is 0 Å². The summed E-state index contributed by atoms with van der Waals surface area (Å²) < 4.78 is 12.8. The van der Waals surface area contributed by atoms with Crippen molar-refractivity contribution in [3.8, 4) is 33.7 Å². The minimum atomic E-state index is 0.599. The molecule has 0 N–H and O–H groups in total. The van der Waals surface area contributed by atoms with Crippen LogP contribution in [0.25, 0.3) is 88.3 Å². The number of anilines is 3. The van der Waals surface area contributed by atoms with Gasteiger partial charge in [-0.2, -0.15) is 0 Å². The van der Waals surface area contributed by atoms with E-state index in [0.29, 0.717) is 5.89 Å². The summed E-state index contributed by atoms with van der Waals surface area (Å²) in [6.07, 6.45) is 0. The number of hydrogen-bond donors (Lipinski definition) is 0. The van der Waals surface area contributed by atoms with Gasteiger partial charge in [-0.25, -0.2) is 4.98 Å². The summed E-state index contributed by atoms with van der Waals surface area (Å²) in [7, 11) is 0. The molecule has 4 heteroatoms. The van der Waals surface area contributed by atoms with Gasteiger partial charge in [-0.05, 0) is 105 Å². The molecular weight excluding hydrogens is 673 g/mol. The van der Waals surface area contributed by atoms with Crippen molar-refractivity contribution in [1.82, 2.24) is 4.98 Å². The van der Waals surface area contributed by atoms with E-state index in [1.54, 1.807) is 0 Å². The van der Waals surface area contributed by atoms with Crippen molar-refractivity contribution in [3.63, 3.8) is 0 Å². The van der Waals surface area contributed by atoms with Crippen LogP contribution in [0.1, 0.15) is 0 Å². The molecule has 9 aromatic carbocycles. The molecule has 2 heterocycles. The van der Waals surface area contributed by atoms with Crippen molar-refractivity contribution in [2.24, 2.45) is 0 Å². The molecule has 0 aliphatic rings. The summed E-state index contributed by atoms with van der Waals surface area (Å²) in [5.41, 5.74) is 11.9.